The molecule has 2 aliphatic heterocycles. The fraction of sp³-hybridized carbons (Fsp3) is 0.545. The van der Waals surface area contributed by atoms with E-state index in [1.165, 1.54) is 18.9 Å². The van der Waals surface area contributed by atoms with Gasteiger partial charge in [-0.25, -0.2) is 22.2 Å². The van der Waals surface area contributed by atoms with Gasteiger partial charge in [0.2, 0.25) is 10.0 Å². The third kappa shape index (κ3) is 7.67. The summed E-state index contributed by atoms with van der Waals surface area (Å²) in [6.07, 6.45) is 5.56. The van der Waals surface area contributed by atoms with Gasteiger partial charge in [-0.05, 0) is 67.3 Å². The maximum absolute atomic E-state index is 13.9. The zero-order chi connectivity index (χ0) is 34.3. The van der Waals surface area contributed by atoms with E-state index in [2.05, 4.69) is 24.9 Å². The number of hydrogen-bond donors (Lipinski definition) is 4. The van der Waals surface area contributed by atoms with E-state index in [0.717, 1.165) is 31.3 Å². The van der Waals surface area contributed by atoms with Crippen molar-refractivity contribution in [2.45, 2.75) is 64.3 Å². The number of ether oxygens (including phenoxy) is 1. The Morgan fingerprint density at radius 3 is 2.38 bits per heavy atom. The van der Waals surface area contributed by atoms with Crippen LogP contribution in [0.4, 0.5) is 31.8 Å². The molecule has 1 aromatic carbocycles. The Morgan fingerprint density at radius 2 is 1.71 bits per heavy atom. The molecule has 4 heterocycles. The van der Waals surface area contributed by atoms with E-state index in [1.807, 2.05) is 6.07 Å². The predicted molar refractivity (Wildman–Crippen MR) is 181 cm³/mol. The number of aromatic nitrogens is 2. The van der Waals surface area contributed by atoms with E-state index in [1.54, 1.807) is 43.1 Å². The molecule has 0 unspecified atom stereocenters. The summed E-state index contributed by atoms with van der Waals surface area (Å²) in [5, 5.41) is 3.68. The lowest BCUT2D eigenvalue weighted by Crippen LogP contribution is -2.40. The third-order valence-electron chi connectivity index (χ3n) is 9.78. The highest BCUT2D eigenvalue weighted by molar-refractivity contribution is 7.92. The van der Waals surface area contributed by atoms with E-state index in [4.69, 9.17) is 10.5 Å². The third-order valence-corrected chi connectivity index (χ3v) is 11.0. The van der Waals surface area contributed by atoms with Crippen LogP contribution in [0.25, 0.3) is 10.9 Å². The van der Waals surface area contributed by atoms with Crippen molar-refractivity contribution in [1.82, 2.24) is 9.97 Å². The number of H-pyrrole nitrogens is 1. The van der Waals surface area contributed by atoms with E-state index in [-0.39, 0.29) is 50.0 Å². The molecular formula is C33H43F2N7O5S. The van der Waals surface area contributed by atoms with Crippen LogP contribution >= 0.6 is 0 Å². The lowest BCUT2D eigenvalue weighted by molar-refractivity contribution is -0.145. The van der Waals surface area contributed by atoms with E-state index >= 15 is 0 Å². The van der Waals surface area contributed by atoms with E-state index in [9.17, 15) is 26.8 Å². The smallest absolute Gasteiger partial charge is 0.323 e. The van der Waals surface area contributed by atoms with Crippen LogP contribution in [0.15, 0.2) is 36.5 Å². The summed E-state index contributed by atoms with van der Waals surface area (Å²) < 4.78 is 61.3. The minimum atomic E-state index is -3.90. The lowest BCUT2D eigenvalue weighted by Gasteiger charge is -2.35. The number of aromatic amines is 1. The molecule has 2 saturated heterocycles. The molecule has 12 nitrogen and oxygen atoms in total. The van der Waals surface area contributed by atoms with E-state index < -0.39 is 39.6 Å². The van der Waals surface area contributed by atoms with Crippen LogP contribution in [0.3, 0.4) is 0 Å². The first-order valence-corrected chi connectivity index (χ1v) is 18.1. The average Bonchev–Trinajstić information content (AvgIpc) is 3.61. The number of carbonyl (C=O) groups is 2. The summed E-state index contributed by atoms with van der Waals surface area (Å²) in [6.45, 7) is 4.91. The van der Waals surface area contributed by atoms with Gasteiger partial charge in [-0.2, -0.15) is 0 Å². The van der Waals surface area contributed by atoms with Crippen molar-refractivity contribution in [2.75, 3.05) is 58.4 Å². The molecule has 3 fully saturated rings. The Morgan fingerprint density at radius 1 is 1.02 bits per heavy atom. The van der Waals surface area contributed by atoms with Gasteiger partial charge in [0.1, 0.15) is 24.2 Å². The quantitative estimate of drug-likeness (QED) is 0.209. The molecule has 1 spiro atoms. The molecule has 15 heteroatoms. The summed E-state index contributed by atoms with van der Waals surface area (Å²) in [4.78, 5) is 37.7. The second kappa shape index (κ2) is 13.1. The first-order valence-electron chi connectivity index (χ1n) is 16.5. The van der Waals surface area contributed by atoms with Crippen LogP contribution in [0.1, 0.15) is 62.7 Å². The number of hydrogen-bond acceptors (Lipinski definition) is 9. The number of pyridine rings is 1. The summed E-state index contributed by atoms with van der Waals surface area (Å²) in [5.74, 6) is -3.64. The summed E-state index contributed by atoms with van der Waals surface area (Å²) in [7, 11) is -3.90. The largest absolute Gasteiger partial charge is 0.463 e. The Kier molecular flexibility index (Phi) is 9.28. The topological polar surface area (TPSA) is 163 Å². The first-order chi connectivity index (χ1) is 22.7. The normalized spacial score (nSPS) is 19.4. The number of alkyl halides is 2. The van der Waals surface area contributed by atoms with Gasteiger partial charge >= 0.3 is 5.97 Å². The predicted octanol–water partition coefficient (Wildman–Crippen LogP) is 4.70. The number of rotatable bonds is 11. The molecular weight excluding hydrogens is 644 g/mol. The van der Waals surface area contributed by atoms with Crippen molar-refractivity contribution >= 4 is 55.8 Å². The summed E-state index contributed by atoms with van der Waals surface area (Å²) in [5.41, 5.74) is 8.07. The molecule has 0 radical (unpaired) electrons. The SMILES string of the molecule is CC(C)[C@@H](N)C(=O)OCCS(=O)(=O)Nc1ccc(C(=O)Nc2cc3cc[nH]c3c(N3CCC(F)(F)CC3)n2)c(N2CCC3(CC2)CC3)c1. The molecule has 1 saturated carbocycles. The highest BCUT2D eigenvalue weighted by Crippen LogP contribution is 2.54. The number of nitrogens with zero attached hydrogens (tertiary/aromatic N) is 3. The van der Waals surface area contributed by atoms with Crippen molar-refractivity contribution in [3.8, 4) is 0 Å². The zero-order valence-electron chi connectivity index (χ0n) is 27.2. The number of esters is 1. The Bertz CT molecular complexity index is 1770. The minimum Gasteiger partial charge on any atom is -0.463 e. The highest BCUT2D eigenvalue weighted by Gasteiger charge is 2.44. The molecule has 0 bridgehead atoms. The lowest BCUT2D eigenvalue weighted by atomic mass is 9.93. The summed E-state index contributed by atoms with van der Waals surface area (Å²) >= 11 is 0. The molecule has 1 amide bonds. The van der Waals surface area contributed by atoms with Gasteiger partial charge in [0.25, 0.3) is 11.8 Å². The van der Waals surface area contributed by atoms with Crippen LogP contribution in [0.5, 0.6) is 0 Å². The number of fused-ring (bicyclic) bond motifs is 1. The molecule has 1 aliphatic carbocycles. The molecule has 260 valence electrons. The highest BCUT2D eigenvalue weighted by atomic mass is 32.2. The summed E-state index contributed by atoms with van der Waals surface area (Å²) in [6, 6.07) is 7.47. The Balaban J connectivity index is 1.21. The average molecular weight is 688 g/mol. The monoisotopic (exact) mass is 687 g/mol. The number of carbonyl (C=O) groups excluding carboxylic acids is 2. The van der Waals surface area contributed by atoms with Crippen LogP contribution in [-0.4, -0.2) is 80.8 Å². The van der Waals surface area contributed by atoms with Crippen LogP contribution in [0.2, 0.25) is 0 Å². The van der Waals surface area contributed by atoms with Crippen molar-refractivity contribution in [3.63, 3.8) is 0 Å². The van der Waals surface area contributed by atoms with Gasteiger partial charge in [-0.1, -0.05) is 13.8 Å². The number of amides is 1. The van der Waals surface area contributed by atoms with Gasteiger partial charge in [0.05, 0.1) is 22.5 Å². The number of anilines is 4. The van der Waals surface area contributed by atoms with Crippen molar-refractivity contribution < 1.29 is 31.5 Å². The number of nitrogens with two attached hydrogens (primary N) is 1. The minimum absolute atomic E-state index is 0.136. The molecule has 5 N–H and O–H groups in total. The van der Waals surface area contributed by atoms with Crippen molar-refractivity contribution in [2.24, 2.45) is 17.1 Å². The van der Waals surface area contributed by atoms with Gasteiger partial charge in [0, 0.05) is 50.6 Å². The van der Waals surface area contributed by atoms with E-state index in [0.29, 0.717) is 28.0 Å². The van der Waals surface area contributed by atoms with Crippen LogP contribution in [-0.2, 0) is 19.6 Å². The van der Waals surface area contributed by atoms with Gasteiger partial charge in [-0.3, -0.25) is 14.3 Å². The second-order valence-corrected chi connectivity index (χ2v) is 15.5. The number of benzene rings is 1. The Hall–Kier alpha value is -3.98. The number of halogens is 2. The molecule has 2 aromatic heterocycles. The van der Waals surface area contributed by atoms with Gasteiger partial charge < -0.3 is 30.6 Å². The first kappa shape index (κ1) is 33.9. The molecule has 48 heavy (non-hydrogen) atoms. The number of sulfonamides is 1. The molecule has 6 rings (SSSR count). The molecule has 3 aromatic rings. The fourth-order valence-electron chi connectivity index (χ4n) is 6.37. The zero-order valence-corrected chi connectivity index (χ0v) is 28.0. The Labute approximate surface area is 278 Å². The number of piperidine rings is 2. The number of nitrogens with one attached hydrogen (secondary N) is 3. The van der Waals surface area contributed by atoms with Gasteiger partial charge in [-0.15, -0.1) is 0 Å². The van der Waals surface area contributed by atoms with Crippen molar-refractivity contribution in [3.05, 3.63) is 42.1 Å². The second-order valence-electron chi connectivity index (χ2n) is 13.6. The van der Waals surface area contributed by atoms with Crippen molar-refractivity contribution in [1.29, 1.82) is 0 Å². The molecule has 3 aliphatic rings. The van der Waals surface area contributed by atoms with Crippen LogP contribution < -0.4 is 25.6 Å². The van der Waals surface area contributed by atoms with Gasteiger partial charge in [0.15, 0.2) is 5.82 Å². The van der Waals surface area contributed by atoms with Crippen LogP contribution in [0, 0.1) is 11.3 Å². The molecule has 1 atom stereocenters. The maximum atomic E-state index is 13.9. The maximum Gasteiger partial charge on any atom is 0.323 e. The standard InChI is InChI=1S/C33H43F2N7O5S/c1-21(2)27(36)31(44)47-17-18-48(45,46)40-23-3-4-24(25(20-23)41-13-8-32(6-7-32)9-14-41)30(43)39-26-19-22-5-12-37-28(22)29(38-26)42-15-10-33(34,35)11-16-42/h3-5,12,19-21,27,37,40H,6-11,13-18,36H2,1-2H3,(H,38,39,43)/t27-/m1/s1. The fourth-order valence-corrected chi connectivity index (χ4v) is 7.26.